The molecule has 2 rings (SSSR count). The Morgan fingerprint density at radius 2 is 1.86 bits per heavy atom. The molecule has 0 bridgehead atoms. The Morgan fingerprint density at radius 3 is 2.52 bits per heavy atom. The molecule has 0 saturated heterocycles. The molecule has 0 aliphatic rings. The van der Waals surface area contributed by atoms with Crippen LogP contribution in [0.2, 0.25) is 0 Å². The summed E-state index contributed by atoms with van der Waals surface area (Å²) in [5, 5.41) is 8.35. The maximum atomic E-state index is 11.8. The van der Waals surface area contributed by atoms with Crippen molar-refractivity contribution in [2.45, 2.75) is 13.3 Å². The second kappa shape index (κ2) is 7.54. The van der Waals surface area contributed by atoms with E-state index >= 15 is 0 Å². The molecule has 0 spiro atoms. The van der Waals surface area contributed by atoms with E-state index in [9.17, 15) is 9.59 Å². The Bertz CT molecular complexity index is 610. The van der Waals surface area contributed by atoms with Gasteiger partial charge in [0, 0.05) is 24.0 Å². The summed E-state index contributed by atoms with van der Waals surface area (Å²) in [6, 6.07) is 8.98. The summed E-state index contributed by atoms with van der Waals surface area (Å²) in [6.07, 6.45) is 0.275. The zero-order valence-corrected chi connectivity index (χ0v) is 12.6. The Kier molecular flexibility index (Phi) is 5.45. The summed E-state index contributed by atoms with van der Waals surface area (Å²) in [4.78, 5) is 27.7. The summed E-state index contributed by atoms with van der Waals surface area (Å²) in [6.45, 7) is 2.71. The van der Waals surface area contributed by atoms with Crippen LogP contribution in [0.5, 0.6) is 0 Å². The number of nitrogens with zero attached hydrogens (tertiary/aromatic N) is 1. The fraction of sp³-hybridized carbons (Fsp3) is 0.267. The van der Waals surface area contributed by atoms with E-state index in [1.807, 2.05) is 30.5 Å². The molecule has 0 atom stereocenters. The zero-order chi connectivity index (χ0) is 15.1. The molecule has 21 heavy (non-hydrogen) atoms. The van der Waals surface area contributed by atoms with Gasteiger partial charge in [-0.2, -0.15) is 0 Å². The van der Waals surface area contributed by atoms with Crippen molar-refractivity contribution in [1.82, 2.24) is 15.6 Å². The van der Waals surface area contributed by atoms with Crippen LogP contribution >= 0.6 is 11.3 Å². The fourth-order valence-corrected chi connectivity index (χ4v) is 2.40. The number of amides is 2. The highest BCUT2D eigenvalue weighted by Gasteiger charge is 2.06. The number of carbonyl (C=O) groups is 2. The van der Waals surface area contributed by atoms with Crippen LogP contribution in [0.4, 0.5) is 0 Å². The molecule has 0 unspecified atom stereocenters. The number of hydrogen-bond donors (Lipinski definition) is 2. The first kappa shape index (κ1) is 15.2. The molecule has 0 aliphatic carbocycles. The predicted molar refractivity (Wildman–Crippen MR) is 82.3 cm³/mol. The summed E-state index contributed by atoms with van der Waals surface area (Å²) in [7, 11) is 0. The topological polar surface area (TPSA) is 71.1 Å². The maximum Gasteiger partial charge on any atom is 0.251 e. The number of hydrogen-bond acceptors (Lipinski definition) is 4. The van der Waals surface area contributed by atoms with E-state index in [0.717, 1.165) is 10.7 Å². The van der Waals surface area contributed by atoms with Gasteiger partial charge in [-0.3, -0.25) is 9.59 Å². The highest BCUT2D eigenvalue weighted by molar-refractivity contribution is 7.09. The standard InChI is InChI=1S/C15H17N3O2S/c1-11-18-13(10-21-11)9-14(19)16-7-8-17-15(20)12-5-3-2-4-6-12/h2-6,10H,7-9H2,1H3,(H,16,19)(H,17,20). The van der Waals surface area contributed by atoms with Gasteiger partial charge >= 0.3 is 0 Å². The highest BCUT2D eigenvalue weighted by atomic mass is 32.1. The van der Waals surface area contributed by atoms with Gasteiger partial charge in [-0.05, 0) is 19.1 Å². The molecule has 0 radical (unpaired) electrons. The minimum Gasteiger partial charge on any atom is -0.354 e. The van der Waals surface area contributed by atoms with Crippen molar-refractivity contribution < 1.29 is 9.59 Å². The molecule has 0 fully saturated rings. The highest BCUT2D eigenvalue weighted by Crippen LogP contribution is 2.07. The molecule has 5 nitrogen and oxygen atoms in total. The molecule has 6 heteroatoms. The minimum absolute atomic E-state index is 0.0886. The van der Waals surface area contributed by atoms with Gasteiger partial charge < -0.3 is 10.6 Å². The van der Waals surface area contributed by atoms with Crippen LogP contribution in [0.15, 0.2) is 35.7 Å². The van der Waals surface area contributed by atoms with Gasteiger partial charge in [0.25, 0.3) is 5.91 Å². The molecular formula is C15H17N3O2S. The molecule has 110 valence electrons. The molecule has 2 amide bonds. The van der Waals surface area contributed by atoms with Crippen LogP contribution in [0, 0.1) is 6.92 Å². The summed E-state index contributed by atoms with van der Waals surface area (Å²) in [5.74, 6) is -0.228. The number of aryl methyl sites for hydroxylation is 1. The average Bonchev–Trinajstić information content (AvgIpc) is 2.89. The van der Waals surface area contributed by atoms with Gasteiger partial charge in [-0.25, -0.2) is 4.98 Å². The quantitative estimate of drug-likeness (QED) is 0.795. The minimum atomic E-state index is -0.139. The number of rotatable bonds is 6. The number of carbonyl (C=O) groups excluding carboxylic acids is 2. The van der Waals surface area contributed by atoms with Crippen molar-refractivity contribution in [3.8, 4) is 0 Å². The van der Waals surface area contributed by atoms with Crippen LogP contribution in [0.3, 0.4) is 0 Å². The number of aromatic nitrogens is 1. The lowest BCUT2D eigenvalue weighted by molar-refractivity contribution is -0.120. The van der Waals surface area contributed by atoms with E-state index in [-0.39, 0.29) is 18.2 Å². The SMILES string of the molecule is Cc1nc(CC(=O)NCCNC(=O)c2ccccc2)cs1. The van der Waals surface area contributed by atoms with Gasteiger partial charge in [-0.1, -0.05) is 18.2 Å². The van der Waals surface area contributed by atoms with Crippen molar-refractivity contribution >= 4 is 23.2 Å². The fourth-order valence-electron chi connectivity index (χ4n) is 1.79. The third-order valence-electron chi connectivity index (χ3n) is 2.78. The van der Waals surface area contributed by atoms with Crippen molar-refractivity contribution in [3.63, 3.8) is 0 Å². The smallest absolute Gasteiger partial charge is 0.251 e. The second-order valence-electron chi connectivity index (χ2n) is 4.51. The lowest BCUT2D eigenvalue weighted by Gasteiger charge is -2.06. The third kappa shape index (κ3) is 5.00. The number of benzene rings is 1. The van der Waals surface area contributed by atoms with Crippen molar-refractivity contribution in [1.29, 1.82) is 0 Å². The van der Waals surface area contributed by atoms with Crippen LogP contribution in [-0.4, -0.2) is 29.9 Å². The van der Waals surface area contributed by atoms with E-state index in [4.69, 9.17) is 0 Å². The summed E-state index contributed by atoms with van der Waals surface area (Å²) >= 11 is 1.53. The average molecular weight is 303 g/mol. The molecule has 2 aromatic rings. The van der Waals surface area contributed by atoms with Crippen molar-refractivity contribution in [2.75, 3.05) is 13.1 Å². The van der Waals surface area contributed by atoms with Gasteiger partial charge in [0.2, 0.25) is 5.91 Å². The Hall–Kier alpha value is -2.21. The lowest BCUT2D eigenvalue weighted by atomic mass is 10.2. The lowest BCUT2D eigenvalue weighted by Crippen LogP contribution is -2.35. The largest absolute Gasteiger partial charge is 0.354 e. The Morgan fingerprint density at radius 1 is 1.14 bits per heavy atom. The Labute approximate surface area is 127 Å². The second-order valence-corrected chi connectivity index (χ2v) is 5.57. The van der Waals surface area contributed by atoms with Gasteiger partial charge in [-0.15, -0.1) is 11.3 Å². The van der Waals surface area contributed by atoms with Crippen LogP contribution < -0.4 is 10.6 Å². The molecule has 1 heterocycles. The van der Waals surface area contributed by atoms with Gasteiger partial charge in [0.15, 0.2) is 0 Å². The van der Waals surface area contributed by atoms with Gasteiger partial charge in [0.1, 0.15) is 0 Å². The monoisotopic (exact) mass is 303 g/mol. The summed E-state index contributed by atoms with van der Waals surface area (Å²) < 4.78 is 0. The van der Waals surface area contributed by atoms with Crippen molar-refractivity contribution in [2.24, 2.45) is 0 Å². The van der Waals surface area contributed by atoms with Crippen LogP contribution in [0.1, 0.15) is 21.1 Å². The van der Waals surface area contributed by atoms with E-state index in [1.54, 1.807) is 12.1 Å². The Balaban J connectivity index is 1.65. The van der Waals surface area contributed by atoms with Crippen LogP contribution in [0.25, 0.3) is 0 Å². The maximum absolute atomic E-state index is 11.8. The first-order valence-electron chi connectivity index (χ1n) is 6.66. The predicted octanol–water partition coefficient (Wildman–Crippen LogP) is 1.54. The first-order chi connectivity index (χ1) is 10.1. The van der Waals surface area contributed by atoms with Crippen molar-refractivity contribution in [3.05, 3.63) is 52.0 Å². The van der Waals surface area contributed by atoms with E-state index in [2.05, 4.69) is 15.6 Å². The number of nitrogens with one attached hydrogen (secondary N) is 2. The van der Waals surface area contributed by atoms with Crippen LogP contribution in [-0.2, 0) is 11.2 Å². The van der Waals surface area contributed by atoms with E-state index < -0.39 is 0 Å². The van der Waals surface area contributed by atoms with E-state index in [0.29, 0.717) is 18.7 Å². The third-order valence-corrected chi connectivity index (χ3v) is 3.60. The van der Waals surface area contributed by atoms with E-state index in [1.165, 1.54) is 11.3 Å². The van der Waals surface area contributed by atoms with Gasteiger partial charge in [0.05, 0.1) is 17.1 Å². The molecule has 2 N–H and O–H groups in total. The molecule has 0 aliphatic heterocycles. The molecule has 0 saturated carbocycles. The first-order valence-corrected chi connectivity index (χ1v) is 7.54. The molecule has 1 aromatic carbocycles. The number of thiazole rings is 1. The normalized spacial score (nSPS) is 10.1. The zero-order valence-electron chi connectivity index (χ0n) is 11.8. The molecule has 1 aromatic heterocycles. The molecular weight excluding hydrogens is 286 g/mol. The summed E-state index contributed by atoms with van der Waals surface area (Å²) in [5.41, 5.74) is 1.39.